The zero-order valence-corrected chi connectivity index (χ0v) is 48.3. The number of ketones is 2. The summed E-state index contributed by atoms with van der Waals surface area (Å²) in [5, 5.41) is 26.7. The highest BCUT2D eigenvalue weighted by Gasteiger charge is 2.71. The van der Waals surface area contributed by atoms with Gasteiger partial charge in [0, 0.05) is 42.6 Å². The first-order valence-corrected chi connectivity index (χ1v) is 30.8. The number of carbonyl (C=O) groups excluding carboxylic acids is 3. The molecule has 1 aliphatic heterocycles. The number of H-pyrrole nitrogens is 1. The van der Waals surface area contributed by atoms with Gasteiger partial charge in [0.25, 0.3) is 5.82 Å². The molecular weight excluding hydrogens is 1070 g/mol. The molecule has 0 bridgehead atoms. The van der Waals surface area contributed by atoms with E-state index in [0.717, 1.165) is 109 Å². The number of aromatic nitrogens is 2. The molecule has 0 amide bonds. The van der Waals surface area contributed by atoms with Crippen molar-refractivity contribution < 1.29 is 79.4 Å². The molecule has 6 N–H and O–H groups in total. The lowest BCUT2D eigenvalue weighted by Gasteiger charge is -2.59. The number of nitrogens with zero attached hydrogens (tertiary/aromatic N) is 1. The Morgan fingerprint density at radius 3 is 2.41 bits per heavy atom. The summed E-state index contributed by atoms with van der Waals surface area (Å²) in [4.78, 5) is 63.8. The largest absolute Gasteiger partial charge is 1.00 e. The Balaban J connectivity index is 0.00000792. The second kappa shape index (κ2) is 26.8. The van der Waals surface area contributed by atoms with E-state index in [9.17, 15) is 38.9 Å². The summed E-state index contributed by atoms with van der Waals surface area (Å²) in [5.74, 6) is -1.05. The van der Waals surface area contributed by atoms with E-state index >= 15 is 0 Å². The monoisotopic (exact) mass is 1150 g/mol. The molecule has 438 valence electrons. The molecule has 1 saturated heterocycles. The predicted octanol–water partition coefficient (Wildman–Crippen LogP) is 6.11. The van der Waals surface area contributed by atoms with Crippen LogP contribution in [0.5, 0.6) is 5.75 Å². The quantitative estimate of drug-likeness (QED) is 0.0191. The van der Waals surface area contributed by atoms with Crippen LogP contribution < -0.4 is 26.8 Å². The van der Waals surface area contributed by atoms with Gasteiger partial charge in [-0.2, -0.15) is 4.57 Å². The van der Waals surface area contributed by atoms with E-state index in [1.807, 2.05) is 16.7 Å². The van der Waals surface area contributed by atoms with Gasteiger partial charge in [0.05, 0.1) is 42.3 Å². The lowest BCUT2D eigenvalue weighted by Crippen LogP contribution is -3.00. The van der Waals surface area contributed by atoms with Gasteiger partial charge in [0.15, 0.2) is 24.5 Å². The molecule has 6 aliphatic rings. The number of aliphatic hydroxyl groups is 2. The van der Waals surface area contributed by atoms with Gasteiger partial charge < -0.3 is 51.4 Å². The van der Waals surface area contributed by atoms with Crippen LogP contribution in [0.2, 0.25) is 0 Å². The van der Waals surface area contributed by atoms with Crippen LogP contribution in [0.25, 0.3) is 5.69 Å². The van der Waals surface area contributed by atoms with Crippen molar-refractivity contribution in [2.75, 3.05) is 32.9 Å². The number of halogens is 1. The molecule has 5 fully saturated rings. The number of aromatic amines is 1. The first kappa shape index (κ1) is 60.7. The van der Waals surface area contributed by atoms with Gasteiger partial charge in [0.1, 0.15) is 23.8 Å². The van der Waals surface area contributed by atoms with Crippen molar-refractivity contribution >= 4 is 25.4 Å². The van der Waals surface area contributed by atoms with Crippen LogP contribution >= 0.6 is 7.82 Å². The summed E-state index contributed by atoms with van der Waals surface area (Å²) < 4.78 is 44.5. The maximum Gasteiger partial charge on any atom is 0.524 e. The number of allylic oxidation sites excluding steroid dienone is 4. The van der Waals surface area contributed by atoms with E-state index in [-0.39, 0.29) is 78.0 Å². The minimum absolute atomic E-state index is 0. The number of unbranched alkanes of at least 4 members (excludes halogenated alkanes) is 4. The number of phosphoric ester groups is 1. The van der Waals surface area contributed by atoms with Crippen LogP contribution in [-0.2, 0) is 45.9 Å². The van der Waals surface area contributed by atoms with E-state index in [2.05, 4.69) is 48.4 Å². The van der Waals surface area contributed by atoms with Crippen molar-refractivity contribution in [2.24, 2.45) is 40.4 Å². The van der Waals surface area contributed by atoms with Crippen molar-refractivity contribution in [2.45, 2.75) is 147 Å². The minimum atomic E-state index is -4.94. The molecule has 11 atom stereocenters. The van der Waals surface area contributed by atoms with Crippen molar-refractivity contribution in [3.8, 4) is 11.4 Å². The molecule has 16 nitrogen and oxygen atoms in total. The smallest absolute Gasteiger partial charge is 0.524 e. The Bertz CT molecular complexity index is 2910. The number of fused-ring (bicyclic) bond motifs is 7. The maximum absolute atomic E-state index is 14.7. The fourth-order valence-corrected chi connectivity index (χ4v) is 15.2. The molecule has 0 radical (unpaired) electrons. The Labute approximate surface area is 482 Å². The number of aryl methyl sites for hydroxylation is 1. The summed E-state index contributed by atoms with van der Waals surface area (Å²) in [5.41, 5.74) is 3.10. The summed E-state index contributed by atoms with van der Waals surface area (Å²) >= 11 is 0. The molecule has 3 aromatic carbocycles. The van der Waals surface area contributed by atoms with Gasteiger partial charge in [-0.3, -0.25) is 19.4 Å². The fourth-order valence-electron chi connectivity index (χ4n) is 14.8. The zero-order valence-electron chi connectivity index (χ0n) is 46.7. The Morgan fingerprint density at radius 1 is 0.901 bits per heavy atom. The third-order valence-electron chi connectivity index (χ3n) is 18.6. The lowest BCUT2D eigenvalue weighted by atomic mass is 9.46. The van der Waals surface area contributed by atoms with Crippen molar-refractivity contribution in [1.82, 2.24) is 10.3 Å². The molecule has 2 heterocycles. The Hall–Kier alpha value is -4.84. The second-order valence-electron chi connectivity index (χ2n) is 23.8. The predicted molar refractivity (Wildman–Crippen MR) is 298 cm³/mol. The van der Waals surface area contributed by atoms with Gasteiger partial charge in [0.2, 0.25) is 0 Å². The molecule has 18 heteroatoms. The highest BCUT2D eigenvalue weighted by atomic mass is 35.5. The first-order chi connectivity index (χ1) is 38.6. The minimum Gasteiger partial charge on any atom is -1.00 e. The van der Waals surface area contributed by atoms with E-state index < -0.39 is 61.7 Å². The Kier molecular flexibility index (Phi) is 20.1. The van der Waals surface area contributed by atoms with Crippen LogP contribution in [0.3, 0.4) is 0 Å². The normalized spacial score (nSPS) is 28.2. The number of imidazole rings is 1. The van der Waals surface area contributed by atoms with E-state index in [1.165, 1.54) is 18.1 Å². The number of Topliss-reactive ketones (excluding diaryl/α,β-unsaturated/α-hetero) is 1. The zero-order chi connectivity index (χ0) is 56.0. The molecule has 5 unspecified atom stereocenters. The second-order valence-corrected chi connectivity index (χ2v) is 25.0. The van der Waals surface area contributed by atoms with Gasteiger partial charge in [-0.25, -0.2) is 14.3 Å². The van der Waals surface area contributed by atoms with Gasteiger partial charge in [-0.05, 0) is 148 Å². The third kappa shape index (κ3) is 13.9. The fraction of sp³-hybridized carbons (Fsp3) is 0.556. The number of carbonyl (C=O) groups is 3. The molecule has 4 saturated carbocycles. The van der Waals surface area contributed by atoms with Crippen LogP contribution in [0.4, 0.5) is 0 Å². The number of aliphatic hydroxyl groups excluding tert-OH is 2. The van der Waals surface area contributed by atoms with Gasteiger partial charge >= 0.3 is 13.8 Å². The standard InChI is InChI=1S/C63H80N3O13P.ClH/c1-62-29-28-48(67)37-46(62)23-26-49-55(62)50(68)38-63(2)56(49)58-59(78-61(77-58)43-18-9-6-10-19-43)57(63)52(70)40-76-60(71)42-20-24-47(25-21-42)66-32-31-65-54(66)36-45-35-44(22-27-53(45)79-80(72,73)74)51(69)39-64-30-12-3-4-13-33-75-34-14-11-17-41-15-7-5-8-16-41;/h5,7-8,15-16,20-22,24-25,27-29,31-32,35,37,43,49-51,55-59,61,64,68-69H,3-4,6,9-14,17-19,23,26,30,33-34,36,38-40H2,1-2H3,(H2,72,73,74);1H/t49?,50-,51?,55?,56?,57-,58?,59+,61+,62-,63-;/m0./s1. The maximum atomic E-state index is 14.7. The van der Waals surface area contributed by atoms with Crippen molar-refractivity contribution in [3.05, 3.63) is 137 Å². The number of hydrogen-bond acceptors (Lipinski definition) is 12. The Morgan fingerprint density at radius 2 is 1.64 bits per heavy atom. The van der Waals surface area contributed by atoms with Crippen LogP contribution in [0.15, 0.2) is 109 Å². The number of rotatable bonds is 25. The molecule has 81 heavy (non-hydrogen) atoms. The third-order valence-corrected chi connectivity index (χ3v) is 19.0. The van der Waals surface area contributed by atoms with E-state index in [4.69, 9.17) is 23.5 Å². The SMILES string of the molecule is C[C@]12C=CC(=O)C=C1CCC1C2[C@@H](O)C[C@@]2(C)C1C1O[C@@H](C3CCCCC3)O[C@@H]1[C@@H]2C(=O)COC(=O)c1ccc(-[n+]2cc[nH]c2Cc2cc(C(O)CNCCCCCCOCCCCc3ccccc3)ccc2OP(=O)(O)O)cc1.[Cl-]. The van der Waals surface area contributed by atoms with E-state index in [1.54, 1.807) is 60.9 Å². The molecule has 5 aliphatic carbocycles. The van der Waals surface area contributed by atoms with Crippen LogP contribution in [0, 0.1) is 40.4 Å². The summed E-state index contributed by atoms with van der Waals surface area (Å²) in [6, 6.07) is 22.0. The number of benzene rings is 3. The average Bonchev–Trinajstić information content (AvgIpc) is 4.36. The number of phosphoric acid groups is 1. The van der Waals surface area contributed by atoms with Crippen LogP contribution in [-0.4, -0.2) is 100 Å². The number of nitrogens with one attached hydrogen (secondary N) is 2. The lowest BCUT2D eigenvalue weighted by molar-refractivity contribution is -0.602. The average molecular weight is 1150 g/mol. The van der Waals surface area contributed by atoms with Crippen LogP contribution in [0.1, 0.15) is 143 Å². The molecular formula is C63H81ClN3O13P. The van der Waals surface area contributed by atoms with E-state index in [0.29, 0.717) is 29.1 Å². The number of hydrogen-bond donors (Lipinski definition) is 6. The summed E-state index contributed by atoms with van der Waals surface area (Å²) in [6.07, 6.45) is 20.5. The van der Waals surface area contributed by atoms with Gasteiger partial charge in [-0.15, -0.1) is 0 Å². The van der Waals surface area contributed by atoms with Gasteiger partial charge in [-0.1, -0.05) is 94.0 Å². The molecule has 10 rings (SSSR count). The highest BCUT2D eigenvalue weighted by Crippen LogP contribution is 2.68. The number of esters is 1. The molecule has 4 aromatic rings. The summed E-state index contributed by atoms with van der Waals surface area (Å²) in [6.45, 7) is 6.30. The van der Waals surface area contributed by atoms with Crippen molar-refractivity contribution in [1.29, 1.82) is 0 Å². The van der Waals surface area contributed by atoms with Crippen molar-refractivity contribution in [3.63, 3.8) is 0 Å². The topological polar surface area (TPSA) is 227 Å². The summed E-state index contributed by atoms with van der Waals surface area (Å²) in [7, 11) is -4.94. The molecule has 1 aromatic heterocycles. The first-order valence-electron chi connectivity index (χ1n) is 29.3. The number of ether oxygens (including phenoxy) is 4. The highest BCUT2D eigenvalue weighted by molar-refractivity contribution is 7.46. The molecule has 0 spiro atoms.